The van der Waals surface area contributed by atoms with Gasteiger partial charge in [0, 0.05) is 26.2 Å². The second-order valence-corrected chi connectivity index (χ2v) is 4.57. The van der Waals surface area contributed by atoms with E-state index in [1.807, 2.05) is 0 Å². The zero-order valence-electron chi connectivity index (χ0n) is 11.2. The maximum Gasteiger partial charge on any atom is 0.317 e. The monoisotopic (exact) mass is 275 g/mol. The van der Waals surface area contributed by atoms with E-state index < -0.39 is 0 Å². The van der Waals surface area contributed by atoms with E-state index in [0.29, 0.717) is 19.6 Å². The van der Waals surface area contributed by atoms with Gasteiger partial charge in [-0.1, -0.05) is 25.3 Å². The number of imide groups is 1. The van der Waals surface area contributed by atoms with Gasteiger partial charge in [-0.15, -0.1) is 0 Å². The first-order valence-electron chi connectivity index (χ1n) is 6.48. The Morgan fingerprint density at radius 1 is 1.05 bits per heavy atom. The number of carbonyl (C=O) groups is 3. The van der Waals surface area contributed by atoms with Crippen molar-refractivity contribution in [2.75, 3.05) is 26.2 Å². The lowest BCUT2D eigenvalue weighted by Gasteiger charge is -2.28. The van der Waals surface area contributed by atoms with Crippen molar-refractivity contribution in [3.8, 4) is 0 Å². The molecule has 2 aliphatic heterocycles. The fraction of sp³-hybridized carbons (Fsp3) is 0.357. The van der Waals surface area contributed by atoms with E-state index in [1.165, 1.54) is 12.2 Å². The first-order chi connectivity index (χ1) is 9.60. The van der Waals surface area contributed by atoms with Crippen LogP contribution in [-0.4, -0.2) is 53.8 Å². The molecule has 0 saturated carbocycles. The molecule has 2 aliphatic rings. The predicted molar refractivity (Wildman–Crippen MR) is 73.7 cm³/mol. The number of nitrogens with zero attached hydrogens (tertiary/aromatic N) is 2. The molecule has 4 amide bonds. The molecule has 0 aromatic carbocycles. The fourth-order valence-corrected chi connectivity index (χ4v) is 2.32. The summed E-state index contributed by atoms with van der Waals surface area (Å²) in [6, 6.07) is -0.156. The van der Waals surface area contributed by atoms with Gasteiger partial charge in [0.05, 0.1) is 11.1 Å². The molecule has 1 saturated heterocycles. The molecule has 0 aromatic heterocycles. The normalized spacial score (nSPS) is 19.5. The quantitative estimate of drug-likeness (QED) is 0.740. The van der Waals surface area contributed by atoms with Crippen LogP contribution in [0.15, 0.2) is 36.5 Å². The number of hydrogen-bond acceptors (Lipinski definition) is 3. The molecule has 2 heterocycles. The minimum Gasteiger partial charge on any atom is -0.338 e. The van der Waals surface area contributed by atoms with Crippen LogP contribution >= 0.6 is 0 Å². The van der Waals surface area contributed by atoms with Gasteiger partial charge in [0.2, 0.25) is 0 Å². The van der Waals surface area contributed by atoms with Crippen LogP contribution in [0.3, 0.4) is 0 Å². The Bertz CT molecular complexity index is 492. The number of rotatable bonds is 5. The topological polar surface area (TPSA) is 69.7 Å². The van der Waals surface area contributed by atoms with Gasteiger partial charge < -0.3 is 10.2 Å². The third-order valence-corrected chi connectivity index (χ3v) is 3.41. The molecule has 6 nitrogen and oxygen atoms in total. The number of urea groups is 1. The largest absolute Gasteiger partial charge is 0.338 e. The van der Waals surface area contributed by atoms with Crippen LogP contribution in [0, 0.1) is 0 Å². The van der Waals surface area contributed by atoms with Crippen molar-refractivity contribution in [3.05, 3.63) is 36.5 Å². The molecule has 0 atom stereocenters. The van der Waals surface area contributed by atoms with Crippen molar-refractivity contribution in [1.82, 2.24) is 15.1 Å². The number of hydrogen-bond donors (Lipinski definition) is 1. The number of nitrogens with one attached hydrogen (secondary N) is 1. The highest BCUT2D eigenvalue weighted by Crippen LogP contribution is 2.22. The lowest BCUT2D eigenvalue weighted by molar-refractivity contribution is -0.137. The average Bonchev–Trinajstić information content (AvgIpc) is 2.68. The summed E-state index contributed by atoms with van der Waals surface area (Å²) in [6.45, 7) is 8.90. The van der Waals surface area contributed by atoms with Gasteiger partial charge >= 0.3 is 6.03 Å². The molecule has 20 heavy (non-hydrogen) atoms. The van der Waals surface area contributed by atoms with Crippen LogP contribution in [-0.2, 0) is 9.59 Å². The zero-order chi connectivity index (χ0) is 14.7. The second kappa shape index (κ2) is 5.73. The Hall–Kier alpha value is -2.37. The maximum atomic E-state index is 12.1. The summed E-state index contributed by atoms with van der Waals surface area (Å²) in [5, 5.41) is 2.73. The Labute approximate surface area is 117 Å². The number of carbonyl (C=O) groups excluding carboxylic acids is 3. The van der Waals surface area contributed by atoms with Crippen molar-refractivity contribution >= 4 is 17.8 Å². The molecule has 6 heteroatoms. The molecule has 0 spiro atoms. The highest BCUT2D eigenvalue weighted by molar-refractivity contribution is 6.21. The van der Waals surface area contributed by atoms with Crippen LogP contribution < -0.4 is 5.32 Å². The second-order valence-electron chi connectivity index (χ2n) is 4.57. The van der Waals surface area contributed by atoms with E-state index in [2.05, 4.69) is 18.5 Å². The molecule has 2 rings (SSSR count). The van der Waals surface area contributed by atoms with Crippen molar-refractivity contribution in [2.24, 2.45) is 0 Å². The molecular formula is C14H17N3O3. The highest BCUT2D eigenvalue weighted by Gasteiger charge is 2.35. The van der Waals surface area contributed by atoms with Crippen LogP contribution in [0.2, 0.25) is 0 Å². The SMILES string of the molecule is C=CC1=C(C=C)C(=O)N(CCN2CCCNC2=O)C1=O. The van der Waals surface area contributed by atoms with E-state index in [1.54, 1.807) is 4.90 Å². The Kier molecular flexibility index (Phi) is 4.02. The molecule has 0 radical (unpaired) electrons. The molecule has 1 N–H and O–H groups in total. The standard InChI is InChI=1S/C14H17N3O3/c1-3-10-11(4-2)13(19)17(12(10)18)9-8-16-7-5-6-15-14(16)20/h3-4H,1-2,5-9H2,(H,15,20). The molecule has 0 unspecified atom stereocenters. The lowest BCUT2D eigenvalue weighted by atomic mass is 10.1. The lowest BCUT2D eigenvalue weighted by Crippen LogP contribution is -2.49. The average molecular weight is 275 g/mol. The van der Waals surface area contributed by atoms with Crippen molar-refractivity contribution < 1.29 is 14.4 Å². The smallest absolute Gasteiger partial charge is 0.317 e. The van der Waals surface area contributed by atoms with Crippen molar-refractivity contribution in [2.45, 2.75) is 6.42 Å². The zero-order valence-corrected chi connectivity index (χ0v) is 11.2. The molecule has 0 bridgehead atoms. The van der Waals surface area contributed by atoms with Crippen LogP contribution in [0.5, 0.6) is 0 Å². The summed E-state index contributed by atoms with van der Waals surface area (Å²) in [5.41, 5.74) is 0.543. The van der Waals surface area contributed by atoms with Crippen molar-refractivity contribution in [1.29, 1.82) is 0 Å². The van der Waals surface area contributed by atoms with E-state index >= 15 is 0 Å². The molecular weight excluding hydrogens is 258 g/mol. The van der Waals surface area contributed by atoms with Gasteiger partial charge in [0.1, 0.15) is 0 Å². The van der Waals surface area contributed by atoms with Crippen LogP contribution in [0.1, 0.15) is 6.42 Å². The first-order valence-corrected chi connectivity index (χ1v) is 6.48. The summed E-state index contributed by atoms with van der Waals surface area (Å²) in [5.74, 6) is -0.755. The number of amides is 4. The van der Waals surface area contributed by atoms with Gasteiger partial charge in [-0.3, -0.25) is 14.5 Å². The van der Waals surface area contributed by atoms with E-state index in [4.69, 9.17) is 0 Å². The summed E-state index contributed by atoms with van der Waals surface area (Å²) in [6.07, 6.45) is 3.59. The van der Waals surface area contributed by atoms with E-state index in [0.717, 1.165) is 11.3 Å². The third kappa shape index (κ3) is 2.36. The molecule has 0 aromatic rings. The Balaban J connectivity index is 2.03. The minimum atomic E-state index is -0.377. The van der Waals surface area contributed by atoms with Gasteiger partial charge in [-0.25, -0.2) is 4.79 Å². The summed E-state index contributed by atoms with van der Waals surface area (Å²) >= 11 is 0. The summed E-state index contributed by atoms with van der Waals surface area (Å²) < 4.78 is 0. The van der Waals surface area contributed by atoms with E-state index in [-0.39, 0.29) is 35.5 Å². The summed E-state index contributed by atoms with van der Waals surface area (Å²) in [7, 11) is 0. The highest BCUT2D eigenvalue weighted by atomic mass is 16.2. The first kappa shape index (κ1) is 14.0. The summed E-state index contributed by atoms with van der Waals surface area (Å²) in [4.78, 5) is 38.5. The van der Waals surface area contributed by atoms with Crippen molar-refractivity contribution in [3.63, 3.8) is 0 Å². The van der Waals surface area contributed by atoms with Gasteiger partial charge in [0.15, 0.2) is 0 Å². The molecule has 106 valence electrons. The van der Waals surface area contributed by atoms with Gasteiger partial charge in [0.25, 0.3) is 11.8 Å². The predicted octanol–water partition coefficient (Wildman–Crippen LogP) is 0.439. The van der Waals surface area contributed by atoms with E-state index in [9.17, 15) is 14.4 Å². The molecule has 0 aliphatic carbocycles. The maximum absolute atomic E-state index is 12.1. The fourth-order valence-electron chi connectivity index (χ4n) is 2.32. The Morgan fingerprint density at radius 3 is 2.15 bits per heavy atom. The van der Waals surface area contributed by atoms with Crippen LogP contribution in [0.25, 0.3) is 0 Å². The van der Waals surface area contributed by atoms with Gasteiger partial charge in [-0.2, -0.15) is 0 Å². The third-order valence-electron chi connectivity index (χ3n) is 3.41. The Morgan fingerprint density at radius 2 is 1.65 bits per heavy atom. The van der Waals surface area contributed by atoms with Gasteiger partial charge in [-0.05, 0) is 6.42 Å². The van der Waals surface area contributed by atoms with Crippen LogP contribution in [0.4, 0.5) is 4.79 Å². The minimum absolute atomic E-state index is 0.156. The molecule has 1 fully saturated rings.